The van der Waals surface area contributed by atoms with Gasteiger partial charge < -0.3 is 20.1 Å². The summed E-state index contributed by atoms with van der Waals surface area (Å²) >= 11 is 0. The fourth-order valence-electron chi connectivity index (χ4n) is 2.89. The van der Waals surface area contributed by atoms with Crippen LogP contribution in [0.5, 0.6) is 0 Å². The maximum atomic E-state index is 5.97. The van der Waals surface area contributed by atoms with E-state index in [1.165, 1.54) is 0 Å². The van der Waals surface area contributed by atoms with Gasteiger partial charge in [-0.15, -0.1) is 0 Å². The molecule has 2 aliphatic rings. The van der Waals surface area contributed by atoms with Crippen LogP contribution in [0.1, 0.15) is 26.2 Å². The summed E-state index contributed by atoms with van der Waals surface area (Å²) < 4.78 is 11.7. The molecule has 2 rings (SSSR count). The van der Waals surface area contributed by atoms with E-state index in [1.54, 1.807) is 7.05 Å². The standard InChI is InChI=1S/C12H23N3O2/c1-4-16-10-8-9(15-11(13-2)14-3)12(10)6-5-7-17-12/h9-10H,4-8H2,1-3H3,(H2,13,14,15). The van der Waals surface area contributed by atoms with Crippen molar-refractivity contribution in [2.45, 2.75) is 43.9 Å². The highest BCUT2D eigenvalue weighted by atomic mass is 16.6. The minimum absolute atomic E-state index is 0.122. The van der Waals surface area contributed by atoms with Crippen LogP contribution in [0.2, 0.25) is 0 Å². The van der Waals surface area contributed by atoms with Crippen molar-refractivity contribution in [1.29, 1.82) is 0 Å². The van der Waals surface area contributed by atoms with E-state index in [1.807, 2.05) is 14.0 Å². The van der Waals surface area contributed by atoms with Crippen LogP contribution in [0.3, 0.4) is 0 Å². The zero-order chi connectivity index (χ0) is 12.3. The Bertz CT molecular complexity index is 287. The summed E-state index contributed by atoms with van der Waals surface area (Å²) in [7, 11) is 3.65. The molecule has 0 amide bonds. The number of hydrogen-bond donors (Lipinski definition) is 2. The molecule has 0 aromatic rings. The van der Waals surface area contributed by atoms with E-state index in [4.69, 9.17) is 9.47 Å². The number of aliphatic imine (C=N–C) groups is 1. The van der Waals surface area contributed by atoms with Crippen LogP contribution < -0.4 is 10.6 Å². The highest BCUT2D eigenvalue weighted by molar-refractivity contribution is 5.80. The third-order valence-electron chi connectivity index (χ3n) is 3.81. The molecule has 17 heavy (non-hydrogen) atoms. The zero-order valence-corrected chi connectivity index (χ0v) is 11.0. The van der Waals surface area contributed by atoms with Crippen molar-refractivity contribution in [3.63, 3.8) is 0 Å². The van der Waals surface area contributed by atoms with Crippen molar-refractivity contribution in [2.24, 2.45) is 4.99 Å². The first-order valence-electron chi connectivity index (χ1n) is 6.43. The van der Waals surface area contributed by atoms with Crippen LogP contribution in [-0.4, -0.2) is 51.0 Å². The lowest BCUT2D eigenvalue weighted by Gasteiger charge is -2.52. The minimum atomic E-state index is -0.122. The second-order valence-corrected chi connectivity index (χ2v) is 4.61. The molecule has 1 saturated heterocycles. The van der Waals surface area contributed by atoms with Gasteiger partial charge in [0.1, 0.15) is 5.60 Å². The van der Waals surface area contributed by atoms with Gasteiger partial charge in [0.15, 0.2) is 5.96 Å². The highest BCUT2D eigenvalue weighted by Gasteiger charge is 2.58. The molecule has 1 spiro atoms. The molecule has 3 unspecified atom stereocenters. The summed E-state index contributed by atoms with van der Waals surface area (Å²) in [5.74, 6) is 0.819. The van der Waals surface area contributed by atoms with E-state index in [9.17, 15) is 0 Å². The fraction of sp³-hybridized carbons (Fsp3) is 0.917. The third kappa shape index (κ3) is 2.13. The average Bonchev–Trinajstić information content (AvgIpc) is 2.85. The molecule has 1 saturated carbocycles. The molecule has 5 nitrogen and oxygen atoms in total. The summed E-state index contributed by atoms with van der Waals surface area (Å²) in [6, 6.07) is 0.313. The molecule has 0 radical (unpaired) electrons. The maximum Gasteiger partial charge on any atom is 0.191 e. The molecule has 1 heterocycles. The fourth-order valence-corrected chi connectivity index (χ4v) is 2.89. The number of guanidine groups is 1. The molecule has 1 aliphatic heterocycles. The van der Waals surface area contributed by atoms with Gasteiger partial charge in [-0.1, -0.05) is 0 Å². The van der Waals surface area contributed by atoms with Crippen LogP contribution in [0.15, 0.2) is 4.99 Å². The van der Waals surface area contributed by atoms with E-state index >= 15 is 0 Å². The van der Waals surface area contributed by atoms with Crippen LogP contribution in [-0.2, 0) is 9.47 Å². The van der Waals surface area contributed by atoms with Crippen molar-refractivity contribution in [3.05, 3.63) is 0 Å². The lowest BCUT2D eigenvalue weighted by molar-refractivity contribution is -0.194. The lowest BCUT2D eigenvalue weighted by atomic mass is 9.70. The number of nitrogens with zero attached hydrogens (tertiary/aromatic N) is 1. The Morgan fingerprint density at radius 3 is 2.94 bits per heavy atom. The molecule has 3 atom stereocenters. The number of nitrogens with one attached hydrogen (secondary N) is 2. The van der Waals surface area contributed by atoms with Gasteiger partial charge in [0, 0.05) is 27.3 Å². The van der Waals surface area contributed by atoms with Crippen molar-refractivity contribution >= 4 is 5.96 Å². The van der Waals surface area contributed by atoms with Gasteiger partial charge >= 0.3 is 0 Å². The lowest BCUT2D eigenvalue weighted by Crippen LogP contribution is -2.70. The van der Waals surface area contributed by atoms with Gasteiger partial charge in [-0.3, -0.25) is 4.99 Å². The predicted molar refractivity (Wildman–Crippen MR) is 67.3 cm³/mol. The Morgan fingerprint density at radius 2 is 2.41 bits per heavy atom. The van der Waals surface area contributed by atoms with Gasteiger partial charge in [0.2, 0.25) is 0 Å². The van der Waals surface area contributed by atoms with Gasteiger partial charge in [0.25, 0.3) is 0 Å². The summed E-state index contributed by atoms with van der Waals surface area (Å²) in [5.41, 5.74) is -0.122. The molecular formula is C12H23N3O2. The normalized spacial score (nSPS) is 37.0. The molecule has 0 aromatic carbocycles. The Hall–Kier alpha value is -0.810. The molecule has 2 fully saturated rings. The summed E-state index contributed by atoms with van der Waals surface area (Å²) in [5, 5.41) is 6.45. The van der Waals surface area contributed by atoms with Crippen molar-refractivity contribution in [3.8, 4) is 0 Å². The van der Waals surface area contributed by atoms with E-state index in [0.29, 0.717) is 6.04 Å². The largest absolute Gasteiger partial charge is 0.375 e. The number of ether oxygens (including phenoxy) is 2. The first kappa shape index (κ1) is 12.6. The first-order valence-corrected chi connectivity index (χ1v) is 6.43. The minimum Gasteiger partial charge on any atom is -0.375 e. The Balaban J connectivity index is 2.00. The predicted octanol–water partition coefficient (Wildman–Crippen LogP) is 0.508. The van der Waals surface area contributed by atoms with E-state index < -0.39 is 0 Å². The monoisotopic (exact) mass is 241 g/mol. The van der Waals surface area contributed by atoms with Crippen molar-refractivity contribution in [1.82, 2.24) is 10.6 Å². The first-order chi connectivity index (χ1) is 8.26. The van der Waals surface area contributed by atoms with E-state index in [-0.39, 0.29) is 11.7 Å². The SMILES string of the molecule is CCOC1CC(NC(=NC)NC)C12CCCO2. The smallest absolute Gasteiger partial charge is 0.191 e. The second kappa shape index (κ2) is 5.23. The quantitative estimate of drug-likeness (QED) is 0.558. The zero-order valence-electron chi connectivity index (χ0n) is 11.0. The highest BCUT2D eigenvalue weighted by Crippen LogP contribution is 2.45. The average molecular weight is 241 g/mol. The van der Waals surface area contributed by atoms with Gasteiger partial charge in [-0.2, -0.15) is 0 Å². The van der Waals surface area contributed by atoms with Crippen molar-refractivity contribution < 1.29 is 9.47 Å². The molecule has 2 N–H and O–H groups in total. The van der Waals surface area contributed by atoms with Crippen molar-refractivity contribution in [2.75, 3.05) is 27.3 Å². The van der Waals surface area contributed by atoms with Crippen LogP contribution >= 0.6 is 0 Å². The molecule has 1 aliphatic carbocycles. The molecule has 5 heteroatoms. The molecule has 0 aromatic heterocycles. The molecule has 0 bridgehead atoms. The van der Waals surface area contributed by atoms with Crippen LogP contribution in [0.4, 0.5) is 0 Å². The molecular weight excluding hydrogens is 218 g/mol. The van der Waals surface area contributed by atoms with Crippen LogP contribution in [0, 0.1) is 0 Å². The van der Waals surface area contributed by atoms with Gasteiger partial charge in [0.05, 0.1) is 12.1 Å². The Labute approximate surface area is 103 Å². The van der Waals surface area contributed by atoms with Crippen LogP contribution in [0.25, 0.3) is 0 Å². The topological polar surface area (TPSA) is 54.9 Å². The Morgan fingerprint density at radius 1 is 1.59 bits per heavy atom. The third-order valence-corrected chi connectivity index (χ3v) is 3.81. The van der Waals surface area contributed by atoms with E-state index in [2.05, 4.69) is 15.6 Å². The Kier molecular flexibility index (Phi) is 3.89. The second-order valence-electron chi connectivity index (χ2n) is 4.61. The number of hydrogen-bond acceptors (Lipinski definition) is 3. The maximum absolute atomic E-state index is 5.97. The summed E-state index contributed by atoms with van der Waals surface area (Å²) in [6.45, 7) is 3.64. The van der Waals surface area contributed by atoms with Gasteiger partial charge in [-0.05, 0) is 26.2 Å². The van der Waals surface area contributed by atoms with E-state index in [0.717, 1.165) is 38.4 Å². The number of rotatable bonds is 3. The summed E-state index contributed by atoms with van der Waals surface area (Å²) in [6.07, 6.45) is 3.44. The molecule has 98 valence electrons. The summed E-state index contributed by atoms with van der Waals surface area (Å²) in [4.78, 5) is 4.15. The van der Waals surface area contributed by atoms with Gasteiger partial charge in [-0.25, -0.2) is 0 Å².